The lowest BCUT2D eigenvalue weighted by Crippen LogP contribution is -2.22. The van der Waals surface area contributed by atoms with Crippen molar-refractivity contribution in [3.05, 3.63) is 74.5 Å². The van der Waals surface area contributed by atoms with Gasteiger partial charge in [0.05, 0.1) is 28.7 Å². The summed E-state index contributed by atoms with van der Waals surface area (Å²) in [5.41, 5.74) is 6.16. The lowest BCUT2D eigenvalue weighted by atomic mass is 9.81. The molecule has 1 N–H and O–H groups in total. The van der Waals surface area contributed by atoms with Crippen LogP contribution in [-0.4, -0.2) is 22.3 Å². The molecule has 38 heavy (non-hydrogen) atoms. The van der Waals surface area contributed by atoms with Crippen LogP contribution in [0, 0.1) is 5.92 Å². The van der Waals surface area contributed by atoms with Crippen molar-refractivity contribution in [2.24, 2.45) is 5.92 Å². The number of carbonyl (C=O) groups is 1. The average Bonchev–Trinajstić information content (AvgIpc) is 3.68. The maximum absolute atomic E-state index is 11.4. The Bertz CT molecular complexity index is 1280. The van der Waals surface area contributed by atoms with Crippen LogP contribution in [0.2, 0.25) is 10.0 Å². The minimum absolute atomic E-state index is 0.114. The molecule has 202 valence electrons. The van der Waals surface area contributed by atoms with E-state index >= 15 is 0 Å². The summed E-state index contributed by atoms with van der Waals surface area (Å²) in [6.45, 7) is 4.84. The summed E-state index contributed by atoms with van der Waals surface area (Å²) in [5, 5.41) is 14.9. The Labute approximate surface area is 234 Å². The molecule has 5 rings (SSSR count). The zero-order chi connectivity index (χ0) is 26.8. The van der Waals surface area contributed by atoms with Crippen LogP contribution >= 0.6 is 23.2 Å². The largest absolute Gasteiger partial charge is 0.481 e. The SMILES string of the molecule is CC[C@H](CCC(C)c1ccc2c(c1)CC[C@H](C(=O)O)C2)OCc1c(-c2c(Cl)cccc2Cl)noc1C1CC1. The van der Waals surface area contributed by atoms with E-state index in [-0.39, 0.29) is 12.0 Å². The van der Waals surface area contributed by atoms with Gasteiger partial charge in [-0.2, -0.15) is 0 Å². The standard InChI is InChI=1S/C31H35Cl2NO4/c1-3-24(14-7-18(2)20-10-11-22-16-23(31(35)36)13-12-21(22)15-20)37-17-25-29(34-38-30(25)19-8-9-19)28-26(32)5-4-6-27(28)33/h4-6,10-11,15,18-19,23-24H,3,7-9,12-14,16-17H2,1-2H3,(H,35,36)/t18?,23-,24+/m0/s1. The Kier molecular flexibility index (Phi) is 8.47. The summed E-state index contributed by atoms with van der Waals surface area (Å²) in [7, 11) is 0. The lowest BCUT2D eigenvalue weighted by Gasteiger charge is -2.24. The Morgan fingerprint density at radius 2 is 1.89 bits per heavy atom. The molecule has 3 aromatic rings. The van der Waals surface area contributed by atoms with Crippen molar-refractivity contribution >= 4 is 29.2 Å². The topological polar surface area (TPSA) is 72.6 Å². The summed E-state index contributed by atoms with van der Waals surface area (Å²) in [6, 6.07) is 12.1. The fourth-order valence-corrected chi connectivity index (χ4v) is 6.13. The van der Waals surface area contributed by atoms with Gasteiger partial charge in [-0.3, -0.25) is 4.79 Å². The zero-order valence-electron chi connectivity index (χ0n) is 22.0. The number of rotatable bonds is 11. The van der Waals surface area contributed by atoms with Crippen molar-refractivity contribution in [2.45, 2.75) is 89.8 Å². The predicted molar refractivity (Wildman–Crippen MR) is 150 cm³/mol. The van der Waals surface area contributed by atoms with Gasteiger partial charge in [0.2, 0.25) is 0 Å². The molecular weight excluding hydrogens is 521 g/mol. The highest BCUT2D eigenvalue weighted by atomic mass is 35.5. The number of benzene rings is 2. The molecule has 1 saturated carbocycles. The molecule has 0 bridgehead atoms. The number of ether oxygens (including phenoxy) is 1. The van der Waals surface area contributed by atoms with Gasteiger partial charge in [-0.15, -0.1) is 0 Å². The van der Waals surface area contributed by atoms with Crippen molar-refractivity contribution in [2.75, 3.05) is 0 Å². The van der Waals surface area contributed by atoms with E-state index in [9.17, 15) is 9.90 Å². The predicted octanol–water partition coefficient (Wildman–Crippen LogP) is 8.59. The van der Waals surface area contributed by atoms with E-state index in [2.05, 4.69) is 37.2 Å². The van der Waals surface area contributed by atoms with Crippen molar-refractivity contribution in [1.29, 1.82) is 0 Å². The van der Waals surface area contributed by atoms with Gasteiger partial charge >= 0.3 is 5.97 Å². The zero-order valence-corrected chi connectivity index (χ0v) is 23.5. The first-order valence-corrected chi connectivity index (χ1v) is 14.5. The van der Waals surface area contributed by atoms with Gasteiger partial charge < -0.3 is 14.4 Å². The third-order valence-corrected chi connectivity index (χ3v) is 8.81. The Balaban J connectivity index is 1.23. The quantitative estimate of drug-likeness (QED) is 0.256. The molecule has 7 heteroatoms. The molecule has 0 radical (unpaired) electrons. The number of hydrogen-bond donors (Lipinski definition) is 1. The maximum atomic E-state index is 11.4. The van der Waals surface area contributed by atoms with Gasteiger partial charge in [-0.25, -0.2) is 0 Å². The second-order valence-electron chi connectivity index (χ2n) is 10.9. The Morgan fingerprint density at radius 3 is 2.58 bits per heavy atom. The van der Waals surface area contributed by atoms with Crippen molar-refractivity contribution in [1.82, 2.24) is 5.16 Å². The highest BCUT2D eigenvalue weighted by molar-refractivity contribution is 6.39. The van der Waals surface area contributed by atoms with Crippen LogP contribution in [0.25, 0.3) is 11.3 Å². The van der Waals surface area contributed by atoms with Gasteiger partial charge in [0.25, 0.3) is 0 Å². The molecule has 3 atom stereocenters. The monoisotopic (exact) mass is 555 g/mol. The number of fused-ring (bicyclic) bond motifs is 1. The number of hydrogen-bond acceptors (Lipinski definition) is 4. The number of aryl methyl sites for hydroxylation is 1. The van der Waals surface area contributed by atoms with Gasteiger partial charge in [0.1, 0.15) is 11.5 Å². The smallest absolute Gasteiger partial charge is 0.306 e. The van der Waals surface area contributed by atoms with E-state index in [1.807, 2.05) is 18.2 Å². The number of halogens is 2. The lowest BCUT2D eigenvalue weighted by molar-refractivity contribution is -0.142. The molecule has 1 heterocycles. The number of aliphatic carboxylic acids is 1. The van der Waals surface area contributed by atoms with Crippen LogP contribution in [0.4, 0.5) is 0 Å². The minimum Gasteiger partial charge on any atom is -0.481 e. The summed E-state index contributed by atoms with van der Waals surface area (Å²) in [5.74, 6) is 0.749. The van der Waals surface area contributed by atoms with E-state index in [0.717, 1.165) is 56.3 Å². The normalized spacial score (nSPS) is 18.7. The van der Waals surface area contributed by atoms with E-state index in [1.54, 1.807) is 0 Å². The first-order valence-electron chi connectivity index (χ1n) is 13.7. The molecule has 2 aliphatic carbocycles. The summed E-state index contributed by atoms with van der Waals surface area (Å²) >= 11 is 13.0. The van der Waals surface area contributed by atoms with E-state index in [0.29, 0.717) is 46.2 Å². The molecule has 1 fully saturated rings. The number of aromatic nitrogens is 1. The molecule has 2 aromatic carbocycles. The molecule has 2 aliphatic rings. The van der Waals surface area contributed by atoms with Crippen molar-refractivity contribution in [3.8, 4) is 11.3 Å². The molecule has 0 amide bonds. The molecular formula is C31H35Cl2NO4. The van der Waals surface area contributed by atoms with Gasteiger partial charge in [-0.05, 0) is 86.1 Å². The maximum Gasteiger partial charge on any atom is 0.306 e. The number of carboxylic acids is 1. The second kappa shape index (κ2) is 11.8. The van der Waals surface area contributed by atoms with Gasteiger partial charge in [-0.1, -0.05) is 66.5 Å². The average molecular weight is 557 g/mol. The summed E-state index contributed by atoms with van der Waals surface area (Å²) < 4.78 is 12.3. The highest BCUT2D eigenvalue weighted by Crippen LogP contribution is 2.46. The van der Waals surface area contributed by atoms with E-state index in [1.165, 1.54) is 16.7 Å². The van der Waals surface area contributed by atoms with Crippen LogP contribution < -0.4 is 0 Å². The number of carboxylic acid groups (broad SMARTS) is 1. The van der Waals surface area contributed by atoms with E-state index in [4.69, 9.17) is 32.5 Å². The number of nitrogens with zero attached hydrogens (tertiary/aromatic N) is 1. The van der Waals surface area contributed by atoms with Crippen LogP contribution in [0.15, 0.2) is 40.9 Å². The van der Waals surface area contributed by atoms with Crippen LogP contribution in [0.1, 0.15) is 92.2 Å². The van der Waals surface area contributed by atoms with Crippen LogP contribution in [0.5, 0.6) is 0 Å². The first-order chi connectivity index (χ1) is 18.4. The summed E-state index contributed by atoms with van der Waals surface area (Å²) in [4.78, 5) is 11.4. The fraction of sp³-hybridized carbons (Fsp3) is 0.484. The third-order valence-electron chi connectivity index (χ3n) is 8.18. The van der Waals surface area contributed by atoms with Crippen LogP contribution in [-0.2, 0) is 29.0 Å². The summed E-state index contributed by atoms with van der Waals surface area (Å²) in [6.07, 6.45) is 7.39. The Hall–Kier alpha value is -2.34. The molecule has 0 saturated heterocycles. The Morgan fingerprint density at radius 1 is 1.13 bits per heavy atom. The molecule has 5 nitrogen and oxygen atoms in total. The van der Waals surface area contributed by atoms with Crippen molar-refractivity contribution in [3.63, 3.8) is 0 Å². The second-order valence-corrected chi connectivity index (χ2v) is 11.7. The van der Waals surface area contributed by atoms with Gasteiger partial charge in [0, 0.05) is 17.0 Å². The fourth-order valence-electron chi connectivity index (χ4n) is 5.55. The van der Waals surface area contributed by atoms with Crippen LogP contribution in [0.3, 0.4) is 0 Å². The van der Waals surface area contributed by atoms with Crippen molar-refractivity contribution < 1.29 is 19.2 Å². The van der Waals surface area contributed by atoms with Gasteiger partial charge in [0.15, 0.2) is 0 Å². The third kappa shape index (κ3) is 5.95. The highest BCUT2D eigenvalue weighted by Gasteiger charge is 2.34. The first kappa shape index (κ1) is 27.2. The molecule has 1 aromatic heterocycles. The van der Waals surface area contributed by atoms with E-state index < -0.39 is 5.97 Å². The molecule has 1 unspecified atom stereocenters. The minimum atomic E-state index is -0.684. The molecule has 0 spiro atoms. The molecule has 0 aliphatic heterocycles.